The van der Waals surface area contributed by atoms with Crippen molar-refractivity contribution in [3.8, 4) is 0 Å². The first kappa shape index (κ1) is 11.5. The third-order valence-electron chi connectivity index (χ3n) is 2.86. The number of hydrogen-bond donors (Lipinski definition) is 2. The fourth-order valence-electron chi connectivity index (χ4n) is 1.81. The number of carbonyl (C=O) groups excluding carboxylic acids is 1. The van der Waals surface area contributed by atoms with Gasteiger partial charge in [0.1, 0.15) is 5.01 Å². The summed E-state index contributed by atoms with van der Waals surface area (Å²) >= 11 is 1.65. The second-order valence-corrected chi connectivity index (χ2v) is 5.40. The predicted molar refractivity (Wildman–Crippen MR) is 64.5 cm³/mol. The molecule has 0 saturated carbocycles. The molecule has 1 atom stereocenters. The number of hydrogen-bond acceptors (Lipinski definition) is 4. The van der Waals surface area contributed by atoms with Crippen LogP contribution in [0.15, 0.2) is 0 Å². The molecule has 16 heavy (non-hydrogen) atoms. The average molecular weight is 239 g/mol. The Balaban J connectivity index is 1.84. The topological polar surface area (TPSA) is 54.0 Å². The van der Waals surface area contributed by atoms with Crippen molar-refractivity contribution in [3.05, 3.63) is 15.6 Å². The van der Waals surface area contributed by atoms with Crippen LogP contribution in [0.3, 0.4) is 0 Å². The van der Waals surface area contributed by atoms with Crippen LogP contribution in [-0.4, -0.2) is 23.5 Å². The van der Waals surface area contributed by atoms with Crippen molar-refractivity contribution in [2.75, 3.05) is 6.54 Å². The second-order valence-electron chi connectivity index (χ2n) is 4.12. The third-order valence-corrected chi connectivity index (χ3v) is 3.94. The fraction of sp³-hybridized carbons (Fsp3) is 0.636. The van der Waals surface area contributed by atoms with Gasteiger partial charge in [-0.25, -0.2) is 4.98 Å². The van der Waals surface area contributed by atoms with Crippen molar-refractivity contribution < 1.29 is 4.79 Å². The van der Waals surface area contributed by atoms with E-state index in [1.165, 1.54) is 4.88 Å². The fourth-order valence-corrected chi connectivity index (χ4v) is 2.68. The molecule has 0 aliphatic carbocycles. The van der Waals surface area contributed by atoms with Crippen LogP contribution < -0.4 is 10.6 Å². The summed E-state index contributed by atoms with van der Waals surface area (Å²) in [6.45, 7) is 5.55. The van der Waals surface area contributed by atoms with Crippen LogP contribution >= 0.6 is 11.3 Å². The summed E-state index contributed by atoms with van der Waals surface area (Å²) in [6, 6.07) is 0.00200. The summed E-state index contributed by atoms with van der Waals surface area (Å²) in [4.78, 5) is 17.3. The van der Waals surface area contributed by atoms with Crippen LogP contribution in [0.1, 0.15) is 28.4 Å². The number of amides is 1. The highest BCUT2D eigenvalue weighted by atomic mass is 32.1. The molecule has 0 radical (unpaired) electrons. The lowest BCUT2D eigenvalue weighted by molar-refractivity contribution is -0.122. The molecule has 5 heteroatoms. The molecule has 2 heterocycles. The Morgan fingerprint density at radius 2 is 2.44 bits per heavy atom. The van der Waals surface area contributed by atoms with Crippen LogP contribution in [0.2, 0.25) is 0 Å². The van der Waals surface area contributed by atoms with Crippen molar-refractivity contribution in [2.24, 2.45) is 0 Å². The Labute approximate surface area is 99.5 Å². The van der Waals surface area contributed by atoms with Crippen LogP contribution in [0, 0.1) is 13.8 Å². The molecule has 88 valence electrons. The molecule has 0 spiro atoms. The Morgan fingerprint density at radius 1 is 1.62 bits per heavy atom. The van der Waals surface area contributed by atoms with E-state index in [-0.39, 0.29) is 11.9 Å². The van der Waals surface area contributed by atoms with Gasteiger partial charge in [-0.3, -0.25) is 4.79 Å². The van der Waals surface area contributed by atoms with Gasteiger partial charge in [0, 0.05) is 4.88 Å². The van der Waals surface area contributed by atoms with Crippen molar-refractivity contribution in [1.82, 2.24) is 15.6 Å². The summed E-state index contributed by atoms with van der Waals surface area (Å²) in [6.07, 6.45) is 2.04. The Bertz CT molecular complexity index is 363. The summed E-state index contributed by atoms with van der Waals surface area (Å²) in [7, 11) is 0. The van der Waals surface area contributed by atoms with E-state index in [0.717, 1.165) is 30.1 Å². The molecule has 0 aromatic carbocycles. The maximum absolute atomic E-state index is 11.7. The van der Waals surface area contributed by atoms with E-state index < -0.39 is 0 Å². The van der Waals surface area contributed by atoms with E-state index in [4.69, 9.17) is 0 Å². The molecular formula is C11H17N3OS. The van der Waals surface area contributed by atoms with Gasteiger partial charge >= 0.3 is 0 Å². The number of nitrogens with one attached hydrogen (secondary N) is 2. The molecule has 0 bridgehead atoms. The monoisotopic (exact) mass is 239 g/mol. The molecule has 1 aromatic heterocycles. The molecule has 1 aromatic rings. The standard InChI is InChI=1S/C11H17N3OS/c1-7-8(2)16-10(14-7)6-13-11(15)9-4-3-5-12-9/h9,12H,3-6H2,1-2H3,(H,13,15). The number of aromatic nitrogens is 1. The lowest BCUT2D eigenvalue weighted by atomic mass is 10.2. The summed E-state index contributed by atoms with van der Waals surface area (Å²) in [5, 5.41) is 7.10. The smallest absolute Gasteiger partial charge is 0.237 e. The van der Waals surface area contributed by atoms with E-state index >= 15 is 0 Å². The third kappa shape index (κ3) is 2.59. The summed E-state index contributed by atoms with van der Waals surface area (Å²) < 4.78 is 0. The zero-order valence-corrected chi connectivity index (χ0v) is 10.5. The second kappa shape index (κ2) is 4.93. The minimum absolute atomic E-state index is 0.00200. The van der Waals surface area contributed by atoms with Gasteiger partial charge in [-0.15, -0.1) is 11.3 Å². The minimum atomic E-state index is 0.00200. The lowest BCUT2D eigenvalue weighted by Crippen LogP contribution is -2.39. The number of aryl methyl sites for hydroxylation is 2. The molecule has 4 nitrogen and oxygen atoms in total. The van der Waals surface area contributed by atoms with E-state index in [9.17, 15) is 4.79 Å². The van der Waals surface area contributed by atoms with Gasteiger partial charge in [0.25, 0.3) is 0 Å². The van der Waals surface area contributed by atoms with Gasteiger partial charge < -0.3 is 10.6 Å². The molecule has 1 aliphatic rings. The first-order chi connectivity index (χ1) is 7.66. The summed E-state index contributed by atoms with van der Waals surface area (Å²) in [5.41, 5.74) is 1.06. The SMILES string of the molecule is Cc1nc(CNC(=O)C2CCCN2)sc1C. The van der Waals surface area contributed by atoms with E-state index in [2.05, 4.69) is 22.5 Å². The molecule has 2 rings (SSSR count). The van der Waals surface area contributed by atoms with Crippen molar-refractivity contribution in [2.45, 2.75) is 39.3 Å². The summed E-state index contributed by atoms with van der Waals surface area (Å²) in [5.74, 6) is 0.100. The van der Waals surface area contributed by atoms with E-state index in [1.807, 2.05) is 6.92 Å². The van der Waals surface area contributed by atoms with Crippen molar-refractivity contribution in [3.63, 3.8) is 0 Å². The van der Waals surface area contributed by atoms with Gasteiger partial charge in [0.15, 0.2) is 0 Å². The predicted octanol–water partition coefficient (Wildman–Crippen LogP) is 1.13. The first-order valence-corrected chi connectivity index (χ1v) is 6.42. The maximum Gasteiger partial charge on any atom is 0.237 e. The van der Waals surface area contributed by atoms with Crippen molar-refractivity contribution in [1.29, 1.82) is 0 Å². The highest BCUT2D eigenvalue weighted by Gasteiger charge is 2.21. The Hall–Kier alpha value is -0.940. The number of nitrogens with zero attached hydrogens (tertiary/aromatic N) is 1. The van der Waals surface area contributed by atoms with Gasteiger partial charge in [0.2, 0.25) is 5.91 Å². The molecule has 1 aliphatic heterocycles. The molecule has 1 unspecified atom stereocenters. The highest BCUT2D eigenvalue weighted by molar-refractivity contribution is 7.11. The van der Waals surface area contributed by atoms with Crippen LogP contribution in [0.5, 0.6) is 0 Å². The largest absolute Gasteiger partial charge is 0.348 e. The quantitative estimate of drug-likeness (QED) is 0.831. The van der Waals surface area contributed by atoms with Gasteiger partial charge in [-0.05, 0) is 33.2 Å². The molecular weight excluding hydrogens is 222 g/mol. The number of thiazole rings is 1. The zero-order chi connectivity index (χ0) is 11.5. The maximum atomic E-state index is 11.7. The minimum Gasteiger partial charge on any atom is -0.348 e. The number of rotatable bonds is 3. The van der Waals surface area contributed by atoms with E-state index in [1.54, 1.807) is 11.3 Å². The van der Waals surface area contributed by atoms with Crippen molar-refractivity contribution >= 4 is 17.2 Å². The van der Waals surface area contributed by atoms with Gasteiger partial charge in [0.05, 0.1) is 18.3 Å². The Morgan fingerprint density at radius 3 is 3.00 bits per heavy atom. The van der Waals surface area contributed by atoms with Gasteiger partial charge in [-0.1, -0.05) is 0 Å². The van der Waals surface area contributed by atoms with Crippen LogP contribution in [-0.2, 0) is 11.3 Å². The lowest BCUT2D eigenvalue weighted by Gasteiger charge is -2.09. The first-order valence-electron chi connectivity index (χ1n) is 5.61. The Kier molecular flexibility index (Phi) is 3.56. The van der Waals surface area contributed by atoms with E-state index in [0.29, 0.717) is 6.54 Å². The van der Waals surface area contributed by atoms with Crippen LogP contribution in [0.25, 0.3) is 0 Å². The molecule has 2 N–H and O–H groups in total. The zero-order valence-electron chi connectivity index (χ0n) is 9.67. The van der Waals surface area contributed by atoms with Gasteiger partial charge in [-0.2, -0.15) is 0 Å². The molecule has 1 fully saturated rings. The average Bonchev–Trinajstić information content (AvgIpc) is 2.86. The number of carbonyl (C=O) groups is 1. The van der Waals surface area contributed by atoms with Crippen LogP contribution in [0.4, 0.5) is 0 Å². The molecule has 1 saturated heterocycles. The highest BCUT2D eigenvalue weighted by Crippen LogP contribution is 2.16. The molecule has 1 amide bonds. The normalized spacial score (nSPS) is 20.0.